The fourth-order valence-electron chi connectivity index (χ4n) is 0.918. The van der Waals surface area contributed by atoms with Crippen molar-refractivity contribution in [3.63, 3.8) is 0 Å². The van der Waals surface area contributed by atoms with Crippen molar-refractivity contribution in [1.82, 2.24) is 0 Å². The van der Waals surface area contributed by atoms with Crippen LogP contribution < -0.4 is 11.5 Å². The minimum absolute atomic E-state index is 0.0210. The molecule has 1 rings (SSSR count). The minimum Gasteiger partial charge on any atom is -0.325 e. The summed E-state index contributed by atoms with van der Waals surface area (Å²) in [5.41, 5.74) is 11.6. The molecule has 0 bridgehead atoms. The van der Waals surface area contributed by atoms with Crippen molar-refractivity contribution in [2.24, 2.45) is 11.5 Å². The van der Waals surface area contributed by atoms with Gasteiger partial charge in [-0.15, -0.1) is 11.8 Å². The Morgan fingerprint density at radius 3 is 2.36 bits per heavy atom. The molecule has 0 aliphatic heterocycles. The highest BCUT2D eigenvalue weighted by Crippen LogP contribution is 2.19. The van der Waals surface area contributed by atoms with Gasteiger partial charge in [0.15, 0.2) is 0 Å². The molecule has 0 spiro atoms. The minimum atomic E-state index is -0.304. The van der Waals surface area contributed by atoms with E-state index in [0.29, 0.717) is 0 Å². The van der Waals surface area contributed by atoms with Gasteiger partial charge >= 0.3 is 0 Å². The summed E-state index contributed by atoms with van der Waals surface area (Å²) in [7, 11) is 0. The van der Waals surface area contributed by atoms with Gasteiger partial charge in [-0.05, 0) is 26.0 Å². The Labute approximate surface area is 90.1 Å². The topological polar surface area (TPSA) is 52.0 Å². The van der Waals surface area contributed by atoms with Crippen LogP contribution in [0.25, 0.3) is 0 Å². The molecule has 1 atom stereocenters. The lowest BCUT2D eigenvalue weighted by Crippen LogP contribution is -2.51. The number of benzene rings is 1. The van der Waals surface area contributed by atoms with E-state index in [4.69, 9.17) is 11.5 Å². The highest BCUT2D eigenvalue weighted by Gasteiger charge is 2.20. The van der Waals surface area contributed by atoms with E-state index in [1.54, 1.807) is 11.8 Å². The molecule has 3 heteroatoms. The Kier molecular flexibility index (Phi) is 3.98. The largest absolute Gasteiger partial charge is 0.325 e. The average Bonchev–Trinajstić information content (AvgIpc) is 2.14. The summed E-state index contributed by atoms with van der Waals surface area (Å²) < 4.78 is 0. The smallest absolute Gasteiger partial charge is 0.0311 e. The molecular weight excluding hydrogens is 192 g/mol. The summed E-state index contributed by atoms with van der Waals surface area (Å²) in [6.07, 6.45) is 0. The zero-order chi connectivity index (χ0) is 10.6. The fraction of sp³-hybridized carbons (Fsp3) is 0.455. The molecular formula is C11H18N2S. The molecule has 0 saturated heterocycles. The summed E-state index contributed by atoms with van der Waals surface area (Å²) in [5.74, 6) is 0.855. The molecule has 0 aliphatic rings. The lowest BCUT2D eigenvalue weighted by molar-refractivity contribution is 0.438. The Morgan fingerprint density at radius 1 is 1.29 bits per heavy atom. The quantitative estimate of drug-likeness (QED) is 0.746. The third-order valence-corrected chi connectivity index (χ3v) is 3.26. The molecule has 0 heterocycles. The van der Waals surface area contributed by atoms with Gasteiger partial charge in [0.05, 0.1) is 0 Å². The van der Waals surface area contributed by atoms with Gasteiger partial charge in [0.2, 0.25) is 0 Å². The second-order valence-electron chi connectivity index (χ2n) is 4.05. The van der Waals surface area contributed by atoms with Crippen LogP contribution in [0.2, 0.25) is 0 Å². The van der Waals surface area contributed by atoms with Gasteiger partial charge in [-0.25, -0.2) is 0 Å². The average molecular weight is 210 g/mol. The maximum Gasteiger partial charge on any atom is 0.0311 e. The van der Waals surface area contributed by atoms with Gasteiger partial charge in [-0.2, -0.15) is 0 Å². The van der Waals surface area contributed by atoms with Crippen LogP contribution in [0.5, 0.6) is 0 Å². The summed E-state index contributed by atoms with van der Waals surface area (Å²) in [5, 5.41) is 0. The maximum atomic E-state index is 5.95. The number of thioether (sulfide) groups is 1. The van der Waals surface area contributed by atoms with Gasteiger partial charge in [-0.1, -0.05) is 18.2 Å². The van der Waals surface area contributed by atoms with Crippen LogP contribution in [0.3, 0.4) is 0 Å². The van der Waals surface area contributed by atoms with Gasteiger partial charge in [-0.3, -0.25) is 0 Å². The molecule has 0 fully saturated rings. The van der Waals surface area contributed by atoms with E-state index in [1.165, 1.54) is 4.90 Å². The molecule has 78 valence electrons. The van der Waals surface area contributed by atoms with Crippen LogP contribution in [0.4, 0.5) is 0 Å². The van der Waals surface area contributed by atoms with Gasteiger partial charge in [0, 0.05) is 22.2 Å². The van der Waals surface area contributed by atoms with Crippen molar-refractivity contribution >= 4 is 11.8 Å². The van der Waals surface area contributed by atoms with Crippen LogP contribution in [0, 0.1) is 0 Å². The lowest BCUT2D eigenvalue weighted by Gasteiger charge is -2.26. The predicted octanol–water partition coefficient (Wildman–Crippen LogP) is 1.84. The van der Waals surface area contributed by atoms with Crippen molar-refractivity contribution in [2.75, 3.05) is 5.75 Å². The molecule has 1 unspecified atom stereocenters. The van der Waals surface area contributed by atoms with E-state index in [-0.39, 0.29) is 11.6 Å². The summed E-state index contributed by atoms with van der Waals surface area (Å²) in [6, 6.07) is 10.3. The monoisotopic (exact) mass is 210 g/mol. The van der Waals surface area contributed by atoms with Crippen LogP contribution in [-0.2, 0) is 0 Å². The second kappa shape index (κ2) is 4.82. The number of rotatable bonds is 4. The van der Waals surface area contributed by atoms with E-state index >= 15 is 0 Å². The summed E-state index contributed by atoms with van der Waals surface area (Å²) in [6.45, 7) is 3.92. The number of hydrogen-bond donors (Lipinski definition) is 2. The van der Waals surface area contributed by atoms with Crippen molar-refractivity contribution in [3.05, 3.63) is 30.3 Å². The normalized spacial score (nSPS) is 14.0. The fourth-order valence-corrected chi connectivity index (χ4v) is 2.07. The van der Waals surface area contributed by atoms with Crippen LogP contribution in [0.1, 0.15) is 13.8 Å². The number of hydrogen-bond acceptors (Lipinski definition) is 3. The first-order valence-electron chi connectivity index (χ1n) is 4.72. The van der Waals surface area contributed by atoms with Gasteiger partial charge in [0.1, 0.15) is 0 Å². The first-order chi connectivity index (χ1) is 6.50. The molecule has 14 heavy (non-hydrogen) atoms. The van der Waals surface area contributed by atoms with Crippen molar-refractivity contribution in [1.29, 1.82) is 0 Å². The zero-order valence-electron chi connectivity index (χ0n) is 8.73. The van der Waals surface area contributed by atoms with E-state index in [9.17, 15) is 0 Å². The van der Waals surface area contributed by atoms with Crippen LogP contribution >= 0.6 is 11.8 Å². The van der Waals surface area contributed by atoms with Crippen molar-refractivity contribution in [3.8, 4) is 0 Å². The van der Waals surface area contributed by atoms with Crippen LogP contribution in [-0.4, -0.2) is 17.3 Å². The van der Waals surface area contributed by atoms with E-state index in [2.05, 4.69) is 12.1 Å². The maximum absolute atomic E-state index is 5.95. The second-order valence-corrected chi connectivity index (χ2v) is 5.15. The van der Waals surface area contributed by atoms with Gasteiger partial charge in [0.25, 0.3) is 0 Å². The van der Waals surface area contributed by atoms with Crippen molar-refractivity contribution < 1.29 is 0 Å². The van der Waals surface area contributed by atoms with E-state index < -0.39 is 0 Å². The Bertz CT molecular complexity index is 266. The zero-order valence-corrected chi connectivity index (χ0v) is 9.55. The SMILES string of the molecule is CC(C)(N)C(N)CSc1ccccc1. The summed E-state index contributed by atoms with van der Waals surface area (Å²) >= 11 is 1.75. The Morgan fingerprint density at radius 2 is 1.86 bits per heavy atom. The first-order valence-corrected chi connectivity index (χ1v) is 5.71. The first kappa shape index (κ1) is 11.6. The molecule has 2 nitrogen and oxygen atoms in total. The molecule has 1 aromatic rings. The molecule has 0 aliphatic carbocycles. The third-order valence-electron chi connectivity index (χ3n) is 2.13. The summed E-state index contributed by atoms with van der Waals surface area (Å²) in [4.78, 5) is 1.24. The molecule has 1 aromatic carbocycles. The molecule has 4 N–H and O–H groups in total. The molecule has 0 amide bonds. The number of nitrogens with two attached hydrogens (primary N) is 2. The standard InChI is InChI=1S/C11H18N2S/c1-11(2,13)10(12)8-14-9-6-4-3-5-7-9/h3-7,10H,8,12-13H2,1-2H3. The predicted molar refractivity (Wildman–Crippen MR) is 63.4 cm³/mol. The Hall–Kier alpha value is -0.510. The Balaban J connectivity index is 2.42. The molecule has 0 radical (unpaired) electrons. The lowest BCUT2D eigenvalue weighted by atomic mass is 9.99. The van der Waals surface area contributed by atoms with E-state index in [0.717, 1.165) is 5.75 Å². The van der Waals surface area contributed by atoms with Crippen molar-refractivity contribution in [2.45, 2.75) is 30.3 Å². The highest BCUT2D eigenvalue weighted by atomic mass is 32.2. The van der Waals surface area contributed by atoms with Crippen LogP contribution in [0.15, 0.2) is 35.2 Å². The molecule has 0 aromatic heterocycles. The van der Waals surface area contributed by atoms with E-state index in [1.807, 2.05) is 32.0 Å². The highest BCUT2D eigenvalue weighted by molar-refractivity contribution is 7.99. The molecule has 0 saturated carbocycles. The third kappa shape index (κ3) is 3.70. The van der Waals surface area contributed by atoms with Gasteiger partial charge < -0.3 is 11.5 Å².